The van der Waals surface area contributed by atoms with Gasteiger partial charge in [-0.2, -0.15) is 0 Å². The summed E-state index contributed by atoms with van der Waals surface area (Å²) in [6.45, 7) is 0.502. The van der Waals surface area contributed by atoms with E-state index in [1.54, 1.807) is 31.3 Å². The molecule has 0 saturated carbocycles. The summed E-state index contributed by atoms with van der Waals surface area (Å²) in [5.41, 5.74) is 2.85. The Morgan fingerprint density at radius 1 is 1.07 bits per heavy atom. The van der Waals surface area contributed by atoms with E-state index in [-0.39, 0.29) is 18.3 Å². The van der Waals surface area contributed by atoms with E-state index in [9.17, 15) is 9.59 Å². The van der Waals surface area contributed by atoms with Crippen molar-refractivity contribution < 1.29 is 23.8 Å². The van der Waals surface area contributed by atoms with Gasteiger partial charge in [0.25, 0.3) is 0 Å². The molecule has 3 rings (SSSR count). The van der Waals surface area contributed by atoms with Crippen molar-refractivity contribution in [3.63, 3.8) is 0 Å². The summed E-state index contributed by atoms with van der Waals surface area (Å²) in [5.74, 6) is 0.674. The molecule has 1 aliphatic heterocycles. The molecule has 2 aromatic carbocycles. The van der Waals surface area contributed by atoms with E-state index in [2.05, 4.69) is 0 Å². The fourth-order valence-electron chi connectivity index (χ4n) is 3.58. The molecule has 0 radical (unpaired) electrons. The maximum atomic E-state index is 13.0. The second kappa shape index (κ2) is 9.28. The van der Waals surface area contributed by atoms with Crippen LogP contribution in [0.25, 0.3) is 6.08 Å². The molecule has 0 aromatic heterocycles. The van der Waals surface area contributed by atoms with Gasteiger partial charge in [0, 0.05) is 12.6 Å². The van der Waals surface area contributed by atoms with Gasteiger partial charge in [0.2, 0.25) is 5.91 Å². The normalized spacial score (nSPS) is 15.7. The molecule has 0 fully saturated rings. The molecule has 0 aliphatic carbocycles. The van der Waals surface area contributed by atoms with E-state index < -0.39 is 6.04 Å². The SMILES string of the molecule is COC(=O)C[C@H]1c2cc(OC)c(OC)cc2CCN1C(=O)/C=C/c1ccccc1. The first-order chi connectivity index (χ1) is 14.1. The average molecular weight is 395 g/mol. The Labute approximate surface area is 170 Å². The highest BCUT2D eigenvalue weighted by atomic mass is 16.5. The quantitative estimate of drug-likeness (QED) is 0.554. The standard InChI is InChI=1S/C23H25NO5/c1-27-20-13-17-11-12-24(22(25)10-9-16-7-5-4-6-8-16)19(15-23(26)29-3)18(17)14-21(20)28-2/h4-10,13-14,19H,11-12,15H2,1-3H3/b10-9+/t19-/m0/s1. The molecule has 1 amide bonds. The lowest BCUT2D eigenvalue weighted by Crippen LogP contribution is -2.40. The van der Waals surface area contributed by atoms with Crippen LogP contribution in [0.5, 0.6) is 11.5 Å². The van der Waals surface area contributed by atoms with Crippen molar-refractivity contribution in [1.29, 1.82) is 0 Å². The molecule has 0 N–H and O–H groups in total. The zero-order valence-corrected chi connectivity index (χ0v) is 16.9. The number of rotatable bonds is 6. The molecule has 6 heteroatoms. The first-order valence-electron chi connectivity index (χ1n) is 9.42. The number of hydrogen-bond acceptors (Lipinski definition) is 5. The first kappa shape index (κ1) is 20.5. The number of benzene rings is 2. The summed E-state index contributed by atoms with van der Waals surface area (Å²) in [4.78, 5) is 26.8. The number of carbonyl (C=O) groups is 2. The smallest absolute Gasteiger partial charge is 0.307 e. The summed E-state index contributed by atoms with van der Waals surface area (Å²) >= 11 is 0. The highest BCUT2D eigenvalue weighted by molar-refractivity contribution is 5.92. The third kappa shape index (κ3) is 4.59. The molecule has 29 heavy (non-hydrogen) atoms. The number of esters is 1. The first-order valence-corrected chi connectivity index (χ1v) is 9.42. The largest absolute Gasteiger partial charge is 0.493 e. The van der Waals surface area contributed by atoms with E-state index in [4.69, 9.17) is 14.2 Å². The summed E-state index contributed by atoms with van der Waals surface area (Å²) in [7, 11) is 4.50. The Bertz CT molecular complexity index is 907. The van der Waals surface area contributed by atoms with Gasteiger partial charge in [0.1, 0.15) is 0 Å². The molecule has 0 saturated heterocycles. The van der Waals surface area contributed by atoms with Crippen LogP contribution in [-0.4, -0.2) is 44.7 Å². The molecule has 2 aromatic rings. The van der Waals surface area contributed by atoms with Gasteiger partial charge in [-0.15, -0.1) is 0 Å². The minimum atomic E-state index is -0.432. The minimum Gasteiger partial charge on any atom is -0.493 e. The fourth-order valence-corrected chi connectivity index (χ4v) is 3.58. The monoisotopic (exact) mass is 395 g/mol. The van der Waals surface area contributed by atoms with Gasteiger partial charge in [-0.05, 0) is 41.3 Å². The van der Waals surface area contributed by atoms with Crippen molar-refractivity contribution in [2.24, 2.45) is 0 Å². The van der Waals surface area contributed by atoms with Gasteiger partial charge in [0.15, 0.2) is 11.5 Å². The lowest BCUT2D eigenvalue weighted by molar-refractivity contribution is -0.143. The summed E-state index contributed by atoms with van der Waals surface area (Å²) in [6, 6.07) is 13.0. The van der Waals surface area contributed by atoms with Crippen LogP contribution in [0.4, 0.5) is 0 Å². The molecule has 1 atom stereocenters. The van der Waals surface area contributed by atoms with Crippen molar-refractivity contribution in [1.82, 2.24) is 4.90 Å². The van der Waals surface area contributed by atoms with Crippen LogP contribution in [0.3, 0.4) is 0 Å². The molecular formula is C23H25NO5. The van der Waals surface area contributed by atoms with E-state index in [0.29, 0.717) is 24.5 Å². The number of hydrogen-bond donors (Lipinski definition) is 0. The summed E-state index contributed by atoms with van der Waals surface area (Å²) in [6.07, 6.45) is 4.06. The minimum absolute atomic E-state index is 0.0733. The van der Waals surface area contributed by atoms with Crippen LogP contribution in [0, 0.1) is 0 Å². The Hall–Kier alpha value is -3.28. The van der Waals surface area contributed by atoms with E-state index in [0.717, 1.165) is 16.7 Å². The van der Waals surface area contributed by atoms with Crippen molar-refractivity contribution in [2.75, 3.05) is 27.9 Å². The lowest BCUT2D eigenvalue weighted by atomic mass is 9.90. The summed E-state index contributed by atoms with van der Waals surface area (Å²) < 4.78 is 15.7. The predicted octanol–water partition coefficient (Wildman–Crippen LogP) is 3.41. The maximum absolute atomic E-state index is 13.0. The number of nitrogens with zero attached hydrogens (tertiary/aromatic N) is 1. The lowest BCUT2D eigenvalue weighted by Gasteiger charge is -2.36. The van der Waals surface area contributed by atoms with E-state index in [1.807, 2.05) is 42.5 Å². The molecule has 0 bridgehead atoms. The maximum Gasteiger partial charge on any atom is 0.307 e. The van der Waals surface area contributed by atoms with Crippen LogP contribution < -0.4 is 9.47 Å². The van der Waals surface area contributed by atoms with Crippen LogP contribution in [0.2, 0.25) is 0 Å². The Balaban J connectivity index is 1.94. The zero-order chi connectivity index (χ0) is 20.8. The van der Waals surface area contributed by atoms with Crippen molar-refractivity contribution >= 4 is 18.0 Å². The highest BCUT2D eigenvalue weighted by Crippen LogP contribution is 2.39. The fraction of sp³-hybridized carbons (Fsp3) is 0.304. The molecule has 1 heterocycles. The van der Waals surface area contributed by atoms with E-state index >= 15 is 0 Å². The van der Waals surface area contributed by atoms with Crippen LogP contribution >= 0.6 is 0 Å². The topological polar surface area (TPSA) is 65.1 Å². The average Bonchev–Trinajstić information content (AvgIpc) is 2.77. The van der Waals surface area contributed by atoms with Gasteiger partial charge >= 0.3 is 5.97 Å². The van der Waals surface area contributed by atoms with Gasteiger partial charge < -0.3 is 19.1 Å². The molecule has 0 unspecified atom stereocenters. The van der Waals surface area contributed by atoms with Gasteiger partial charge in [-0.25, -0.2) is 0 Å². The van der Waals surface area contributed by atoms with Gasteiger partial charge in [-0.1, -0.05) is 30.3 Å². The molecule has 1 aliphatic rings. The Kier molecular flexibility index (Phi) is 6.54. The third-order valence-corrected chi connectivity index (χ3v) is 5.09. The second-order valence-electron chi connectivity index (χ2n) is 6.73. The van der Waals surface area contributed by atoms with Crippen LogP contribution in [0.15, 0.2) is 48.5 Å². The number of fused-ring (bicyclic) bond motifs is 1. The molecular weight excluding hydrogens is 370 g/mol. The van der Waals surface area contributed by atoms with Crippen LogP contribution in [0.1, 0.15) is 29.2 Å². The number of amides is 1. The number of ether oxygens (including phenoxy) is 3. The highest BCUT2D eigenvalue weighted by Gasteiger charge is 2.33. The second-order valence-corrected chi connectivity index (χ2v) is 6.73. The van der Waals surface area contributed by atoms with Gasteiger partial charge in [0.05, 0.1) is 33.8 Å². The van der Waals surface area contributed by atoms with Crippen molar-refractivity contribution in [3.8, 4) is 11.5 Å². The Morgan fingerprint density at radius 3 is 2.41 bits per heavy atom. The number of methoxy groups -OCH3 is 3. The van der Waals surface area contributed by atoms with E-state index in [1.165, 1.54) is 7.11 Å². The molecule has 152 valence electrons. The van der Waals surface area contributed by atoms with Crippen molar-refractivity contribution in [3.05, 3.63) is 65.2 Å². The Morgan fingerprint density at radius 2 is 1.76 bits per heavy atom. The zero-order valence-electron chi connectivity index (χ0n) is 16.9. The number of carbonyl (C=O) groups excluding carboxylic acids is 2. The summed E-state index contributed by atoms with van der Waals surface area (Å²) in [5, 5.41) is 0. The molecule has 0 spiro atoms. The van der Waals surface area contributed by atoms with Crippen LogP contribution in [-0.2, 0) is 20.7 Å². The van der Waals surface area contributed by atoms with Crippen molar-refractivity contribution in [2.45, 2.75) is 18.9 Å². The predicted molar refractivity (Wildman–Crippen MR) is 110 cm³/mol. The third-order valence-electron chi connectivity index (χ3n) is 5.09. The van der Waals surface area contributed by atoms with Gasteiger partial charge in [-0.3, -0.25) is 9.59 Å². The molecule has 6 nitrogen and oxygen atoms in total.